The Kier molecular flexibility index (Phi) is 6.70. The number of nitrogens with two attached hydrogens (primary N) is 1. The Morgan fingerprint density at radius 3 is 2.22 bits per heavy atom. The van der Waals surface area contributed by atoms with Gasteiger partial charge in [-0.3, -0.25) is 4.79 Å². The molecule has 2 aliphatic rings. The van der Waals surface area contributed by atoms with E-state index in [2.05, 4.69) is 17.0 Å². The number of nitrogens with zero attached hydrogens (tertiary/aromatic N) is 2. The second kappa shape index (κ2) is 9.33. The fourth-order valence-electron chi connectivity index (χ4n) is 4.96. The zero-order valence-electron chi connectivity index (χ0n) is 18.7. The number of carbonyl (C=O) groups excluding carboxylic acids is 1. The molecular weight excluding hydrogens is 422 g/mol. The first-order valence-corrected chi connectivity index (χ1v) is 13.3. The average Bonchev–Trinajstić information content (AvgIpc) is 3.08. The van der Waals surface area contributed by atoms with Crippen LogP contribution in [-0.4, -0.2) is 56.6 Å². The summed E-state index contributed by atoms with van der Waals surface area (Å²) >= 11 is 0. The van der Waals surface area contributed by atoms with Gasteiger partial charge in [-0.1, -0.05) is 42.5 Å². The molecule has 172 valence electrons. The summed E-state index contributed by atoms with van der Waals surface area (Å²) in [7, 11) is -3.20. The maximum Gasteiger partial charge on any atom is 0.229 e. The van der Waals surface area contributed by atoms with Gasteiger partial charge in [0.15, 0.2) is 9.84 Å². The summed E-state index contributed by atoms with van der Waals surface area (Å²) in [5.41, 5.74) is 8.26. The molecule has 0 aromatic heterocycles. The first-order valence-electron chi connectivity index (χ1n) is 11.4. The van der Waals surface area contributed by atoms with Crippen LogP contribution in [0, 0.1) is 5.41 Å². The summed E-state index contributed by atoms with van der Waals surface area (Å²) in [6.07, 6.45) is 4.83. The largest absolute Gasteiger partial charge is 0.338 e. The maximum absolute atomic E-state index is 13.3. The lowest BCUT2D eigenvalue weighted by Gasteiger charge is -2.38. The van der Waals surface area contributed by atoms with Gasteiger partial charge in [0.1, 0.15) is 0 Å². The second-order valence-electron chi connectivity index (χ2n) is 9.32. The molecule has 2 fully saturated rings. The van der Waals surface area contributed by atoms with Crippen LogP contribution in [0.15, 0.2) is 59.5 Å². The summed E-state index contributed by atoms with van der Waals surface area (Å²) in [6.45, 7) is 4.14. The van der Waals surface area contributed by atoms with Crippen LogP contribution >= 0.6 is 0 Å². The minimum Gasteiger partial charge on any atom is -0.338 e. The van der Waals surface area contributed by atoms with Gasteiger partial charge in [-0.2, -0.15) is 0 Å². The Morgan fingerprint density at radius 2 is 1.59 bits per heavy atom. The van der Waals surface area contributed by atoms with Gasteiger partial charge in [0, 0.05) is 25.4 Å². The van der Waals surface area contributed by atoms with Gasteiger partial charge in [-0.25, -0.2) is 8.42 Å². The van der Waals surface area contributed by atoms with Crippen LogP contribution in [0.3, 0.4) is 0 Å². The molecule has 0 bridgehead atoms. The summed E-state index contributed by atoms with van der Waals surface area (Å²) in [5, 5.41) is 0. The molecule has 0 radical (unpaired) electrons. The molecule has 1 atom stereocenters. The van der Waals surface area contributed by atoms with Crippen LogP contribution in [0.2, 0.25) is 0 Å². The van der Waals surface area contributed by atoms with Gasteiger partial charge in [0.25, 0.3) is 0 Å². The van der Waals surface area contributed by atoms with Crippen molar-refractivity contribution in [3.63, 3.8) is 0 Å². The van der Waals surface area contributed by atoms with Gasteiger partial charge in [-0.05, 0) is 68.6 Å². The SMILES string of the molecule is CS(=O)(=O)c1ccc(CN2CCC3(CCN(CC[C@H](N)c4ccccc4)CC3)C2=O)cc1. The van der Waals surface area contributed by atoms with Crippen molar-refractivity contribution in [1.29, 1.82) is 0 Å². The van der Waals surface area contributed by atoms with Crippen LogP contribution in [0.5, 0.6) is 0 Å². The van der Waals surface area contributed by atoms with Crippen LogP contribution in [0.1, 0.15) is 42.9 Å². The van der Waals surface area contributed by atoms with E-state index in [9.17, 15) is 13.2 Å². The monoisotopic (exact) mass is 455 g/mol. The smallest absolute Gasteiger partial charge is 0.229 e. The maximum atomic E-state index is 13.3. The minimum absolute atomic E-state index is 0.0461. The summed E-state index contributed by atoms with van der Waals surface area (Å²) in [4.78, 5) is 18.0. The number of benzene rings is 2. The Morgan fingerprint density at radius 1 is 0.969 bits per heavy atom. The predicted molar refractivity (Wildman–Crippen MR) is 126 cm³/mol. The standard InChI is InChI=1S/C25H33N3O3S/c1-32(30,31)22-9-7-20(8-10-22)19-28-18-14-25(24(28)29)12-16-27(17-13-25)15-11-23(26)21-5-3-2-4-6-21/h2-10,23H,11-19,26H2,1H3/t23-/m0/s1. The molecule has 0 unspecified atom stereocenters. The Balaban J connectivity index is 1.28. The normalized spacial score (nSPS) is 20.1. The number of carbonyl (C=O) groups is 1. The summed E-state index contributed by atoms with van der Waals surface area (Å²) in [6, 6.07) is 17.1. The number of amides is 1. The number of rotatable bonds is 7. The molecule has 0 saturated carbocycles. The molecule has 2 aliphatic heterocycles. The van der Waals surface area contributed by atoms with Crippen molar-refractivity contribution in [1.82, 2.24) is 9.80 Å². The average molecular weight is 456 g/mol. The lowest BCUT2D eigenvalue weighted by molar-refractivity contribution is -0.138. The second-order valence-corrected chi connectivity index (χ2v) is 11.3. The van der Waals surface area contributed by atoms with Crippen molar-refractivity contribution in [3.8, 4) is 0 Å². The van der Waals surface area contributed by atoms with E-state index < -0.39 is 9.84 Å². The van der Waals surface area contributed by atoms with Crippen molar-refractivity contribution < 1.29 is 13.2 Å². The molecule has 2 N–H and O–H groups in total. The predicted octanol–water partition coefficient (Wildman–Crippen LogP) is 2.99. The van der Waals surface area contributed by atoms with Gasteiger partial charge in [-0.15, -0.1) is 0 Å². The molecule has 2 aromatic rings. The molecule has 2 saturated heterocycles. The topological polar surface area (TPSA) is 83.7 Å². The summed E-state index contributed by atoms with van der Waals surface area (Å²) < 4.78 is 23.3. The lowest BCUT2D eigenvalue weighted by Crippen LogP contribution is -2.45. The Bertz CT molecular complexity index is 1030. The molecule has 32 heavy (non-hydrogen) atoms. The zero-order chi connectivity index (χ0) is 22.8. The fourth-order valence-corrected chi connectivity index (χ4v) is 5.59. The van der Waals surface area contributed by atoms with E-state index in [0.29, 0.717) is 11.4 Å². The van der Waals surface area contributed by atoms with Gasteiger partial charge < -0.3 is 15.5 Å². The van der Waals surface area contributed by atoms with Crippen LogP contribution in [0.4, 0.5) is 0 Å². The molecule has 1 amide bonds. The van der Waals surface area contributed by atoms with Crippen LogP contribution < -0.4 is 5.73 Å². The van der Waals surface area contributed by atoms with E-state index in [-0.39, 0.29) is 17.4 Å². The molecular formula is C25H33N3O3S. The van der Waals surface area contributed by atoms with Crippen molar-refractivity contribution in [2.75, 3.05) is 32.4 Å². The molecule has 2 heterocycles. The van der Waals surface area contributed by atoms with Crippen molar-refractivity contribution >= 4 is 15.7 Å². The van der Waals surface area contributed by atoms with E-state index in [0.717, 1.165) is 57.4 Å². The van der Waals surface area contributed by atoms with Gasteiger partial charge in [0.2, 0.25) is 5.91 Å². The number of sulfone groups is 1. The highest BCUT2D eigenvalue weighted by molar-refractivity contribution is 7.90. The van der Waals surface area contributed by atoms with E-state index in [1.165, 1.54) is 11.8 Å². The first kappa shape index (κ1) is 23.0. The van der Waals surface area contributed by atoms with Gasteiger partial charge >= 0.3 is 0 Å². The zero-order valence-corrected chi connectivity index (χ0v) is 19.6. The van der Waals surface area contributed by atoms with E-state index >= 15 is 0 Å². The summed E-state index contributed by atoms with van der Waals surface area (Å²) in [5.74, 6) is 0.255. The third kappa shape index (κ3) is 5.05. The highest BCUT2D eigenvalue weighted by atomic mass is 32.2. The number of piperidine rings is 1. The molecule has 1 spiro atoms. The first-order chi connectivity index (χ1) is 15.3. The highest BCUT2D eigenvalue weighted by Crippen LogP contribution is 2.42. The third-order valence-corrected chi connectivity index (χ3v) is 8.25. The van der Waals surface area contributed by atoms with Crippen molar-refractivity contribution in [2.45, 2.75) is 43.2 Å². The molecule has 4 rings (SSSR count). The fraction of sp³-hybridized carbons (Fsp3) is 0.480. The number of hydrogen-bond donors (Lipinski definition) is 1. The molecule has 6 nitrogen and oxygen atoms in total. The minimum atomic E-state index is -3.20. The van der Waals surface area contributed by atoms with E-state index in [1.54, 1.807) is 12.1 Å². The number of likely N-dealkylation sites (tertiary alicyclic amines) is 2. The Labute approximate surface area is 191 Å². The van der Waals surface area contributed by atoms with Crippen molar-refractivity contribution in [2.24, 2.45) is 11.1 Å². The molecule has 0 aliphatic carbocycles. The Hall–Kier alpha value is -2.22. The third-order valence-electron chi connectivity index (χ3n) is 7.12. The van der Waals surface area contributed by atoms with Crippen molar-refractivity contribution in [3.05, 3.63) is 65.7 Å². The van der Waals surface area contributed by atoms with Gasteiger partial charge in [0.05, 0.1) is 10.3 Å². The molecule has 7 heteroatoms. The van der Waals surface area contributed by atoms with Crippen LogP contribution in [-0.2, 0) is 21.2 Å². The quantitative estimate of drug-likeness (QED) is 0.694. The number of hydrogen-bond acceptors (Lipinski definition) is 5. The lowest BCUT2D eigenvalue weighted by atomic mass is 9.77. The highest BCUT2D eigenvalue weighted by Gasteiger charge is 2.47. The van der Waals surface area contributed by atoms with Crippen LogP contribution in [0.25, 0.3) is 0 Å². The molecule has 2 aromatic carbocycles. The van der Waals surface area contributed by atoms with E-state index in [1.807, 2.05) is 35.2 Å². The van der Waals surface area contributed by atoms with E-state index in [4.69, 9.17) is 5.73 Å².